The van der Waals surface area contributed by atoms with Crippen molar-refractivity contribution in [2.45, 2.75) is 43.9 Å². The molecule has 0 bridgehead atoms. The average molecular weight is 299 g/mol. The van der Waals surface area contributed by atoms with Crippen LogP contribution >= 0.6 is 0 Å². The molecule has 1 saturated carbocycles. The lowest BCUT2D eigenvalue weighted by Gasteiger charge is -2.29. The molecule has 2 aliphatic rings. The van der Waals surface area contributed by atoms with Gasteiger partial charge < -0.3 is 10.1 Å². The van der Waals surface area contributed by atoms with Crippen molar-refractivity contribution in [3.63, 3.8) is 0 Å². The van der Waals surface area contributed by atoms with Crippen LogP contribution in [0.3, 0.4) is 0 Å². The monoisotopic (exact) mass is 299 g/mol. The van der Waals surface area contributed by atoms with Crippen LogP contribution in [-0.4, -0.2) is 19.3 Å². The summed E-state index contributed by atoms with van der Waals surface area (Å²) >= 11 is 0. The van der Waals surface area contributed by atoms with Crippen molar-refractivity contribution in [1.29, 1.82) is 0 Å². The molecule has 2 nitrogen and oxygen atoms in total. The van der Waals surface area contributed by atoms with E-state index in [2.05, 4.69) is 5.32 Å². The van der Waals surface area contributed by atoms with Gasteiger partial charge in [-0.1, -0.05) is 12.1 Å². The summed E-state index contributed by atoms with van der Waals surface area (Å²) < 4.78 is 43.9. The first-order valence-electron chi connectivity index (χ1n) is 7.55. The Morgan fingerprint density at radius 1 is 1.10 bits per heavy atom. The Morgan fingerprint density at radius 3 is 2.43 bits per heavy atom. The molecular formula is C16H20F3NO. The van der Waals surface area contributed by atoms with Crippen LogP contribution in [0.2, 0.25) is 0 Å². The van der Waals surface area contributed by atoms with Crippen molar-refractivity contribution in [3.8, 4) is 0 Å². The standard InChI is InChI=1S/C16H20F3NO/c17-16(18,19)13-3-1-2-12(10-13)15(11-4-5-11)20-14-6-8-21-9-7-14/h1-3,10-11,14-15,20H,4-9H2/t15-/m1/s1. The molecule has 1 aromatic carbocycles. The summed E-state index contributed by atoms with van der Waals surface area (Å²) in [7, 11) is 0. The van der Waals surface area contributed by atoms with Crippen molar-refractivity contribution in [1.82, 2.24) is 5.32 Å². The minimum Gasteiger partial charge on any atom is -0.381 e. The fourth-order valence-corrected chi connectivity index (χ4v) is 2.96. The predicted molar refractivity (Wildman–Crippen MR) is 73.9 cm³/mol. The molecule has 1 aliphatic heterocycles. The van der Waals surface area contributed by atoms with Gasteiger partial charge in [-0.2, -0.15) is 13.2 Å². The van der Waals surface area contributed by atoms with Gasteiger partial charge in [-0.25, -0.2) is 0 Å². The number of benzene rings is 1. The number of nitrogens with one attached hydrogen (secondary N) is 1. The van der Waals surface area contributed by atoms with Crippen molar-refractivity contribution in [3.05, 3.63) is 35.4 Å². The van der Waals surface area contributed by atoms with E-state index in [9.17, 15) is 13.2 Å². The van der Waals surface area contributed by atoms with Gasteiger partial charge in [-0.15, -0.1) is 0 Å². The van der Waals surface area contributed by atoms with Crippen molar-refractivity contribution >= 4 is 0 Å². The first kappa shape index (κ1) is 14.9. The van der Waals surface area contributed by atoms with E-state index in [0.717, 1.165) is 50.5 Å². The Bertz CT molecular complexity index is 479. The van der Waals surface area contributed by atoms with E-state index in [1.54, 1.807) is 0 Å². The predicted octanol–water partition coefficient (Wildman–Crippen LogP) is 3.93. The first-order valence-corrected chi connectivity index (χ1v) is 7.55. The van der Waals surface area contributed by atoms with Gasteiger partial charge in [0.05, 0.1) is 5.56 Å². The fourth-order valence-electron chi connectivity index (χ4n) is 2.96. The Hall–Kier alpha value is -1.07. The molecule has 21 heavy (non-hydrogen) atoms. The maximum atomic E-state index is 12.9. The lowest BCUT2D eigenvalue weighted by molar-refractivity contribution is -0.137. The van der Waals surface area contributed by atoms with Gasteiger partial charge in [0.1, 0.15) is 0 Å². The zero-order chi connectivity index (χ0) is 14.9. The molecule has 1 aromatic rings. The molecule has 2 fully saturated rings. The molecule has 3 rings (SSSR count). The van der Waals surface area contributed by atoms with E-state index in [-0.39, 0.29) is 6.04 Å². The molecule has 1 atom stereocenters. The zero-order valence-corrected chi connectivity index (χ0v) is 11.8. The summed E-state index contributed by atoms with van der Waals surface area (Å²) in [6.45, 7) is 1.47. The maximum absolute atomic E-state index is 12.9. The first-order chi connectivity index (χ1) is 10.0. The molecule has 0 unspecified atom stereocenters. The van der Waals surface area contributed by atoms with Gasteiger partial charge >= 0.3 is 6.18 Å². The molecule has 0 aromatic heterocycles. The topological polar surface area (TPSA) is 21.3 Å². The molecule has 0 amide bonds. The fraction of sp³-hybridized carbons (Fsp3) is 0.625. The Balaban J connectivity index is 1.77. The summed E-state index contributed by atoms with van der Waals surface area (Å²) in [5, 5.41) is 3.57. The second-order valence-corrected chi connectivity index (χ2v) is 5.99. The van der Waals surface area contributed by atoms with Crippen LogP contribution in [0.5, 0.6) is 0 Å². The number of hydrogen-bond acceptors (Lipinski definition) is 2. The quantitative estimate of drug-likeness (QED) is 0.909. The highest BCUT2D eigenvalue weighted by molar-refractivity contribution is 5.29. The number of alkyl halides is 3. The van der Waals surface area contributed by atoms with Gasteiger partial charge in [-0.3, -0.25) is 0 Å². The Morgan fingerprint density at radius 2 is 1.81 bits per heavy atom. The van der Waals surface area contributed by atoms with Crippen LogP contribution in [0.4, 0.5) is 13.2 Å². The smallest absolute Gasteiger partial charge is 0.381 e. The highest BCUT2D eigenvalue weighted by atomic mass is 19.4. The second kappa shape index (κ2) is 5.97. The van der Waals surface area contributed by atoms with E-state index in [1.807, 2.05) is 6.07 Å². The number of rotatable bonds is 4. The van der Waals surface area contributed by atoms with E-state index in [0.29, 0.717) is 12.0 Å². The molecule has 0 radical (unpaired) electrons. The molecule has 1 N–H and O–H groups in total. The molecule has 5 heteroatoms. The van der Waals surface area contributed by atoms with Crippen molar-refractivity contribution in [2.75, 3.05) is 13.2 Å². The zero-order valence-electron chi connectivity index (χ0n) is 11.8. The van der Waals surface area contributed by atoms with Crippen molar-refractivity contribution < 1.29 is 17.9 Å². The summed E-state index contributed by atoms with van der Waals surface area (Å²) in [5.41, 5.74) is 0.207. The molecule has 1 heterocycles. The lowest BCUT2D eigenvalue weighted by Crippen LogP contribution is -2.38. The number of halogens is 3. The Kier molecular flexibility index (Phi) is 4.22. The van der Waals surface area contributed by atoms with Crippen LogP contribution in [0.15, 0.2) is 24.3 Å². The highest BCUT2D eigenvalue weighted by Crippen LogP contribution is 2.42. The van der Waals surface area contributed by atoms with Crippen molar-refractivity contribution in [2.24, 2.45) is 5.92 Å². The largest absolute Gasteiger partial charge is 0.416 e. The summed E-state index contributed by atoms with van der Waals surface area (Å²) in [4.78, 5) is 0. The minimum absolute atomic E-state index is 0.0374. The highest BCUT2D eigenvalue weighted by Gasteiger charge is 2.36. The summed E-state index contributed by atoms with van der Waals surface area (Å²) in [6, 6.07) is 6.15. The van der Waals surface area contributed by atoms with Crippen LogP contribution in [0.25, 0.3) is 0 Å². The Labute approximate surface area is 122 Å². The third-order valence-electron chi connectivity index (χ3n) is 4.30. The third-order valence-corrected chi connectivity index (χ3v) is 4.30. The summed E-state index contributed by atoms with van der Waals surface area (Å²) in [5.74, 6) is 0.469. The molecule has 1 aliphatic carbocycles. The van der Waals surface area contributed by atoms with Crippen LogP contribution in [-0.2, 0) is 10.9 Å². The summed E-state index contributed by atoms with van der Waals surface area (Å²) in [6.07, 6.45) is -0.221. The minimum atomic E-state index is -4.28. The SMILES string of the molecule is FC(F)(F)c1cccc([C@H](NC2CCOCC2)C2CC2)c1. The molecule has 0 spiro atoms. The molecule has 116 valence electrons. The number of ether oxygens (including phenoxy) is 1. The number of hydrogen-bond donors (Lipinski definition) is 1. The average Bonchev–Trinajstić information content (AvgIpc) is 3.30. The third kappa shape index (κ3) is 3.77. The maximum Gasteiger partial charge on any atom is 0.416 e. The molecule has 1 saturated heterocycles. The lowest BCUT2D eigenvalue weighted by atomic mass is 9.97. The van der Waals surface area contributed by atoms with Gasteiger partial charge in [0.15, 0.2) is 0 Å². The van der Waals surface area contributed by atoms with Gasteiger partial charge in [0.2, 0.25) is 0 Å². The van der Waals surface area contributed by atoms with E-state index >= 15 is 0 Å². The molecular weight excluding hydrogens is 279 g/mol. The van der Waals surface area contributed by atoms with E-state index < -0.39 is 11.7 Å². The van der Waals surface area contributed by atoms with E-state index in [1.165, 1.54) is 12.1 Å². The van der Waals surface area contributed by atoms with Crippen LogP contribution < -0.4 is 5.32 Å². The van der Waals surface area contributed by atoms with Gasteiger partial charge in [0, 0.05) is 25.3 Å². The normalized spacial score (nSPS) is 22.2. The van der Waals surface area contributed by atoms with Gasteiger partial charge in [0.25, 0.3) is 0 Å². The second-order valence-electron chi connectivity index (χ2n) is 5.99. The van der Waals surface area contributed by atoms with Crippen LogP contribution in [0, 0.1) is 5.92 Å². The van der Waals surface area contributed by atoms with Gasteiger partial charge in [-0.05, 0) is 49.3 Å². The van der Waals surface area contributed by atoms with E-state index in [4.69, 9.17) is 4.74 Å². The van der Waals surface area contributed by atoms with Crippen LogP contribution in [0.1, 0.15) is 42.9 Å².